The van der Waals surface area contributed by atoms with Crippen LogP contribution in [0.1, 0.15) is 6.92 Å². The summed E-state index contributed by atoms with van der Waals surface area (Å²) in [6.07, 6.45) is -8.00. The highest BCUT2D eigenvalue weighted by atomic mass is 16.7. The smallest absolute Gasteiger partial charge is 0.308 e. The molecule has 1 saturated heterocycles. The molecule has 0 aliphatic carbocycles. The summed E-state index contributed by atoms with van der Waals surface area (Å²) >= 11 is 0. The normalized spacial score (nSPS) is 24.0. The lowest BCUT2D eigenvalue weighted by atomic mass is 9.99. The number of aliphatic hydroxyl groups is 4. The number of benzene rings is 2. The Balaban J connectivity index is 1.75. The molecular formula is C23H22O13. The minimum Gasteiger partial charge on any atom is -0.507 e. The number of esters is 1. The molecule has 13 nitrogen and oxygen atoms in total. The van der Waals surface area contributed by atoms with Gasteiger partial charge in [0.2, 0.25) is 17.5 Å². The van der Waals surface area contributed by atoms with Crippen molar-refractivity contribution in [2.45, 2.75) is 37.6 Å². The van der Waals surface area contributed by atoms with Gasteiger partial charge in [0.15, 0.2) is 17.3 Å². The van der Waals surface area contributed by atoms with Gasteiger partial charge in [-0.3, -0.25) is 9.59 Å². The number of carbonyl (C=O) groups excluding carboxylic acids is 1. The Morgan fingerprint density at radius 3 is 2.39 bits per heavy atom. The zero-order valence-electron chi connectivity index (χ0n) is 18.6. The van der Waals surface area contributed by atoms with Gasteiger partial charge in [0, 0.05) is 24.6 Å². The van der Waals surface area contributed by atoms with Crippen molar-refractivity contribution in [1.82, 2.24) is 0 Å². The summed E-state index contributed by atoms with van der Waals surface area (Å²) in [7, 11) is 0. The Hall–Kier alpha value is -3.88. The third kappa shape index (κ3) is 4.53. The minimum absolute atomic E-state index is 0.00118. The summed E-state index contributed by atoms with van der Waals surface area (Å²) in [5, 5.41) is 69.9. The monoisotopic (exact) mass is 506 g/mol. The summed E-state index contributed by atoms with van der Waals surface area (Å²) in [6, 6.07) is 5.66. The Labute approximate surface area is 201 Å². The van der Waals surface area contributed by atoms with Gasteiger partial charge in [0.1, 0.15) is 46.9 Å². The molecule has 2 heterocycles. The number of phenolic OH excluding ortho intramolecular Hbond substituents is 2. The first-order valence-corrected chi connectivity index (χ1v) is 10.5. The second-order valence-electron chi connectivity index (χ2n) is 8.02. The number of hydrogen-bond acceptors (Lipinski definition) is 13. The van der Waals surface area contributed by atoms with Crippen molar-refractivity contribution >= 4 is 16.9 Å². The van der Waals surface area contributed by atoms with E-state index in [9.17, 15) is 45.3 Å². The molecule has 0 spiro atoms. The number of fused-ring (bicyclic) bond motifs is 1. The zero-order chi connectivity index (χ0) is 26.3. The second-order valence-corrected chi connectivity index (χ2v) is 8.02. The van der Waals surface area contributed by atoms with Crippen LogP contribution in [-0.2, 0) is 9.53 Å². The summed E-state index contributed by atoms with van der Waals surface area (Å²) in [4.78, 5) is 24.0. The molecule has 36 heavy (non-hydrogen) atoms. The predicted molar refractivity (Wildman–Crippen MR) is 119 cm³/mol. The highest BCUT2D eigenvalue weighted by Gasteiger charge is 2.45. The van der Waals surface area contributed by atoms with Crippen LogP contribution in [0.4, 0.5) is 0 Å². The third-order valence-corrected chi connectivity index (χ3v) is 5.50. The summed E-state index contributed by atoms with van der Waals surface area (Å²) in [5.74, 6) is -3.50. The number of aromatic hydroxyl groups is 3. The number of carbonyl (C=O) groups is 1. The van der Waals surface area contributed by atoms with Gasteiger partial charge >= 0.3 is 5.97 Å². The fourth-order valence-corrected chi connectivity index (χ4v) is 3.72. The van der Waals surface area contributed by atoms with Crippen LogP contribution in [0, 0.1) is 0 Å². The third-order valence-electron chi connectivity index (χ3n) is 5.50. The fourth-order valence-electron chi connectivity index (χ4n) is 3.72. The van der Waals surface area contributed by atoms with E-state index in [0.717, 1.165) is 31.2 Å². The highest BCUT2D eigenvalue weighted by Crippen LogP contribution is 2.39. The second kappa shape index (κ2) is 9.64. The maximum absolute atomic E-state index is 12.7. The minimum atomic E-state index is -1.76. The molecule has 3 aromatic rings. The van der Waals surface area contributed by atoms with Crippen molar-refractivity contribution in [3.05, 3.63) is 40.6 Å². The first kappa shape index (κ1) is 25.2. The molecule has 1 aromatic heterocycles. The van der Waals surface area contributed by atoms with E-state index >= 15 is 0 Å². The van der Waals surface area contributed by atoms with E-state index in [1.165, 1.54) is 6.07 Å². The van der Waals surface area contributed by atoms with Gasteiger partial charge in [-0.25, -0.2) is 0 Å². The van der Waals surface area contributed by atoms with E-state index in [4.69, 9.17) is 18.6 Å². The molecule has 4 rings (SSSR count). The lowest BCUT2D eigenvalue weighted by Gasteiger charge is -2.39. The fraction of sp³-hybridized carbons (Fsp3) is 0.304. The van der Waals surface area contributed by atoms with E-state index in [0.29, 0.717) is 0 Å². The van der Waals surface area contributed by atoms with E-state index in [1.54, 1.807) is 0 Å². The molecule has 7 N–H and O–H groups in total. The lowest BCUT2D eigenvalue weighted by Crippen LogP contribution is -2.60. The average Bonchev–Trinajstić information content (AvgIpc) is 2.82. The van der Waals surface area contributed by atoms with Gasteiger partial charge in [0.05, 0.1) is 6.61 Å². The van der Waals surface area contributed by atoms with Crippen molar-refractivity contribution in [2.75, 3.05) is 6.61 Å². The van der Waals surface area contributed by atoms with Crippen LogP contribution >= 0.6 is 0 Å². The van der Waals surface area contributed by atoms with E-state index in [1.807, 2.05) is 0 Å². The van der Waals surface area contributed by atoms with E-state index in [2.05, 4.69) is 0 Å². The standard InChI is InChI=1S/C23H22O13/c1-8(25)33-10-5-12(27)16-14(6-10)34-22(20(31)18(16)29)9-2-3-11(26)13(4-9)35-23-21(32)19(30)17(28)15(7-24)36-23/h2-6,15,17,19,21,23-24,26-28,30-32H,7H2,1H3. The maximum Gasteiger partial charge on any atom is 0.308 e. The maximum atomic E-state index is 12.7. The van der Waals surface area contributed by atoms with E-state index < -0.39 is 71.7 Å². The van der Waals surface area contributed by atoms with Crippen molar-refractivity contribution in [2.24, 2.45) is 0 Å². The van der Waals surface area contributed by atoms with Gasteiger partial charge in [-0.05, 0) is 18.2 Å². The number of phenols is 2. The molecule has 5 atom stereocenters. The molecule has 0 saturated carbocycles. The Kier molecular flexibility index (Phi) is 6.75. The van der Waals surface area contributed by atoms with Crippen LogP contribution in [0.2, 0.25) is 0 Å². The van der Waals surface area contributed by atoms with Crippen LogP contribution in [0.3, 0.4) is 0 Å². The van der Waals surface area contributed by atoms with Crippen LogP contribution < -0.4 is 14.9 Å². The van der Waals surface area contributed by atoms with Gasteiger partial charge in [-0.2, -0.15) is 0 Å². The molecule has 0 bridgehead atoms. The Bertz CT molecular complexity index is 1360. The quantitative estimate of drug-likeness (QED) is 0.175. The van der Waals surface area contributed by atoms with Crippen LogP contribution in [0.15, 0.2) is 39.5 Å². The first-order valence-electron chi connectivity index (χ1n) is 10.5. The number of rotatable bonds is 5. The predicted octanol–water partition coefficient (Wildman–Crippen LogP) is -0.319. The number of aliphatic hydroxyl groups excluding tert-OH is 4. The van der Waals surface area contributed by atoms with Crippen LogP contribution in [0.25, 0.3) is 22.3 Å². The molecule has 1 fully saturated rings. The van der Waals surface area contributed by atoms with Crippen molar-refractivity contribution in [3.8, 4) is 40.1 Å². The van der Waals surface area contributed by atoms with Gasteiger partial charge in [-0.1, -0.05) is 0 Å². The summed E-state index contributed by atoms with van der Waals surface area (Å²) < 4.78 is 21.2. The number of hydrogen-bond donors (Lipinski definition) is 7. The SMILES string of the molecule is CC(=O)Oc1cc(O)c2c(=O)c(O)c(-c3ccc(O)c(OC4OC(CO)C(O)C(O)C4O)c3)oc2c1. The highest BCUT2D eigenvalue weighted by molar-refractivity contribution is 5.89. The first-order chi connectivity index (χ1) is 17.0. The molecule has 0 amide bonds. The molecule has 192 valence electrons. The Morgan fingerprint density at radius 2 is 1.72 bits per heavy atom. The summed E-state index contributed by atoms with van der Waals surface area (Å²) in [5.41, 5.74) is -1.22. The average molecular weight is 506 g/mol. The molecule has 1 aliphatic rings. The van der Waals surface area contributed by atoms with Crippen molar-refractivity contribution < 1.29 is 59.2 Å². The van der Waals surface area contributed by atoms with Crippen molar-refractivity contribution in [1.29, 1.82) is 0 Å². The van der Waals surface area contributed by atoms with Crippen LogP contribution in [-0.4, -0.2) is 79.0 Å². The van der Waals surface area contributed by atoms with E-state index in [-0.39, 0.29) is 28.0 Å². The van der Waals surface area contributed by atoms with Gasteiger partial charge < -0.3 is 54.4 Å². The molecular weight excluding hydrogens is 484 g/mol. The summed E-state index contributed by atoms with van der Waals surface area (Å²) in [6.45, 7) is 0.433. The topological polar surface area (TPSA) is 217 Å². The van der Waals surface area contributed by atoms with Crippen molar-refractivity contribution in [3.63, 3.8) is 0 Å². The zero-order valence-corrected chi connectivity index (χ0v) is 18.6. The molecule has 1 aliphatic heterocycles. The largest absolute Gasteiger partial charge is 0.507 e. The Morgan fingerprint density at radius 1 is 1.00 bits per heavy atom. The lowest BCUT2D eigenvalue weighted by molar-refractivity contribution is -0.277. The molecule has 5 unspecified atom stereocenters. The van der Waals surface area contributed by atoms with Gasteiger partial charge in [-0.15, -0.1) is 0 Å². The number of ether oxygens (including phenoxy) is 3. The molecule has 2 aromatic carbocycles. The molecule has 0 radical (unpaired) electrons. The van der Waals surface area contributed by atoms with Crippen LogP contribution in [0.5, 0.6) is 28.7 Å². The van der Waals surface area contributed by atoms with Gasteiger partial charge in [0.25, 0.3) is 0 Å². The molecule has 13 heteroatoms.